The number of amides is 2. The second-order valence-electron chi connectivity index (χ2n) is 7.39. The van der Waals surface area contributed by atoms with Crippen molar-refractivity contribution >= 4 is 45.8 Å². The summed E-state index contributed by atoms with van der Waals surface area (Å²) in [6, 6.07) is 10.0. The first-order valence-electron chi connectivity index (χ1n) is 9.69. The summed E-state index contributed by atoms with van der Waals surface area (Å²) in [5.74, 6) is 0. The lowest BCUT2D eigenvalue weighted by atomic mass is 9.94. The van der Waals surface area contributed by atoms with Crippen molar-refractivity contribution in [2.75, 3.05) is 5.06 Å². The molecule has 8 heteroatoms. The van der Waals surface area contributed by atoms with E-state index in [1.165, 1.54) is 6.42 Å². The standard InChI is InChI=1S/C21H22Cl2N4O2/c22-16-7-6-14(19(23)11-16)13-26(17-4-2-1-3-5-17)21(28)27(29)18-8-9-20-15(10-18)12-24-25-20/h6-12,17,29H,1-5,13H2,(H,24,25). The molecule has 2 aromatic carbocycles. The Hall–Kier alpha value is -2.28. The van der Waals surface area contributed by atoms with Crippen molar-refractivity contribution in [3.8, 4) is 0 Å². The van der Waals surface area contributed by atoms with E-state index in [1.807, 2.05) is 6.07 Å². The molecular formula is C21H22Cl2N4O2. The van der Waals surface area contributed by atoms with Gasteiger partial charge >= 0.3 is 6.03 Å². The molecule has 1 heterocycles. The Morgan fingerprint density at radius 1 is 1.14 bits per heavy atom. The van der Waals surface area contributed by atoms with Crippen LogP contribution in [0.15, 0.2) is 42.6 Å². The van der Waals surface area contributed by atoms with Crippen LogP contribution in [-0.2, 0) is 6.54 Å². The van der Waals surface area contributed by atoms with Crippen molar-refractivity contribution in [3.05, 3.63) is 58.2 Å². The van der Waals surface area contributed by atoms with Crippen LogP contribution in [0.3, 0.4) is 0 Å². The number of nitrogens with zero attached hydrogens (tertiary/aromatic N) is 3. The number of aromatic nitrogens is 2. The van der Waals surface area contributed by atoms with Crippen molar-refractivity contribution in [2.24, 2.45) is 0 Å². The van der Waals surface area contributed by atoms with Gasteiger partial charge < -0.3 is 4.90 Å². The lowest BCUT2D eigenvalue weighted by Gasteiger charge is -2.36. The molecule has 3 aromatic rings. The summed E-state index contributed by atoms with van der Waals surface area (Å²) >= 11 is 12.4. The molecule has 29 heavy (non-hydrogen) atoms. The number of nitrogens with one attached hydrogen (secondary N) is 1. The number of fused-ring (bicyclic) bond motifs is 1. The zero-order valence-corrected chi connectivity index (χ0v) is 17.3. The molecule has 2 amide bonds. The third-order valence-electron chi connectivity index (χ3n) is 5.47. The monoisotopic (exact) mass is 432 g/mol. The first-order chi connectivity index (χ1) is 14.0. The molecule has 0 atom stereocenters. The number of halogens is 2. The molecule has 0 bridgehead atoms. The fourth-order valence-electron chi connectivity index (χ4n) is 3.87. The third-order valence-corrected chi connectivity index (χ3v) is 6.05. The smallest absolute Gasteiger partial charge is 0.315 e. The van der Waals surface area contributed by atoms with Crippen LogP contribution in [0, 0.1) is 0 Å². The molecule has 4 rings (SSSR count). The number of hydrogen-bond acceptors (Lipinski definition) is 3. The van der Waals surface area contributed by atoms with E-state index in [1.54, 1.807) is 41.4 Å². The zero-order valence-electron chi connectivity index (χ0n) is 15.8. The molecule has 1 aromatic heterocycles. The Balaban J connectivity index is 1.62. The molecule has 152 valence electrons. The molecule has 1 saturated carbocycles. The van der Waals surface area contributed by atoms with Crippen LogP contribution in [0.4, 0.5) is 10.5 Å². The van der Waals surface area contributed by atoms with Crippen LogP contribution >= 0.6 is 23.2 Å². The van der Waals surface area contributed by atoms with Gasteiger partial charge in [-0.25, -0.2) is 4.79 Å². The fraction of sp³-hybridized carbons (Fsp3) is 0.333. The first-order valence-corrected chi connectivity index (χ1v) is 10.4. The van der Waals surface area contributed by atoms with Crippen molar-refractivity contribution in [2.45, 2.75) is 44.7 Å². The summed E-state index contributed by atoms with van der Waals surface area (Å²) in [4.78, 5) is 15.0. The third kappa shape index (κ3) is 4.34. The molecule has 1 fully saturated rings. The summed E-state index contributed by atoms with van der Waals surface area (Å²) < 4.78 is 0. The van der Waals surface area contributed by atoms with Gasteiger partial charge in [-0.05, 0) is 48.7 Å². The van der Waals surface area contributed by atoms with E-state index in [0.717, 1.165) is 42.1 Å². The Morgan fingerprint density at radius 2 is 1.93 bits per heavy atom. The minimum atomic E-state index is -0.467. The van der Waals surface area contributed by atoms with E-state index in [0.29, 0.717) is 27.3 Å². The minimum Gasteiger partial charge on any atom is -0.315 e. The van der Waals surface area contributed by atoms with Crippen LogP contribution in [0.2, 0.25) is 10.0 Å². The highest BCUT2D eigenvalue weighted by Crippen LogP contribution is 2.29. The van der Waals surface area contributed by atoms with E-state index < -0.39 is 6.03 Å². The van der Waals surface area contributed by atoms with Crippen LogP contribution in [0.25, 0.3) is 10.9 Å². The molecule has 0 spiro atoms. The lowest BCUT2D eigenvalue weighted by Crippen LogP contribution is -2.47. The van der Waals surface area contributed by atoms with Crippen molar-refractivity contribution in [3.63, 3.8) is 0 Å². The highest BCUT2D eigenvalue weighted by molar-refractivity contribution is 6.35. The van der Waals surface area contributed by atoms with Crippen LogP contribution < -0.4 is 5.06 Å². The normalized spacial score (nSPS) is 14.9. The van der Waals surface area contributed by atoms with Gasteiger partial charge in [-0.2, -0.15) is 10.2 Å². The number of carbonyl (C=O) groups excluding carboxylic acids is 1. The summed E-state index contributed by atoms with van der Waals surface area (Å²) in [6.07, 6.45) is 6.77. The molecule has 6 nitrogen and oxygen atoms in total. The number of rotatable bonds is 4. The molecular weight excluding hydrogens is 411 g/mol. The van der Waals surface area contributed by atoms with Gasteiger partial charge in [0.15, 0.2) is 0 Å². The number of H-pyrrole nitrogens is 1. The molecule has 1 aliphatic carbocycles. The number of hydrogen-bond donors (Lipinski definition) is 2. The molecule has 1 aliphatic rings. The summed E-state index contributed by atoms with van der Waals surface area (Å²) in [7, 11) is 0. The van der Waals surface area contributed by atoms with Gasteiger partial charge in [0.25, 0.3) is 0 Å². The van der Waals surface area contributed by atoms with Crippen molar-refractivity contribution < 1.29 is 10.0 Å². The largest absolute Gasteiger partial charge is 0.349 e. The topological polar surface area (TPSA) is 72.5 Å². The Labute approximate surface area is 179 Å². The summed E-state index contributed by atoms with van der Waals surface area (Å²) in [5.41, 5.74) is 2.03. The highest BCUT2D eigenvalue weighted by Gasteiger charge is 2.30. The molecule has 0 saturated heterocycles. The predicted octanol–water partition coefficient (Wildman–Crippen LogP) is 6.02. The second kappa shape index (κ2) is 8.61. The van der Waals surface area contributed by atoms with Crippen LogP contribution in [-0.4, -0.2) is 32.4 Å². The zero-order chi connectivity index (χ0) is 20.4. The van der Waals surface area contributed by atoms with E-state index in [4.69, 9.17) is 23.2 Å². The second-order valence-corrected chi connectivity index (χ2v) is 8.24. The molecule has 0 aliphatic heterocycles. The van der Waals surface area contributed by atoms with E-state index in [-0.39, 0.29) is 6.04 Å². The molecule has 0 radical (unpaired) electrons. The maximum atomic E-state index is 13.3. The maximum Gasteiger partial charge on any atom is 0.349 e. The Bertz CT molecular complexity index is 1020. The summed E-state index contributed by atoms with van der Waals surface area (Å²) in [5, 5.41) is 20.2. The average molecular weight is 433 g/mol. The number of hydroxylamine groups is 1. The van der Waals surface area contributed by atoms with Gasteiger partial charge in [0.2, 0.25) is 0 Å². The van der Waals surface area contributed by atoms with Crippen LogP contribution in [0.5, 0.6) is 0 Å². The van der Waals surface area contributed by atoms with Gasteiger partial charge in [-0.1, -0.05) is 48.5 Å². The Kier molecular flexibility index (Phi) is 5.94. The number of carbonyl (C=O) groups is 1. The molecule has 0 unspecified atom stereocenters. The minimum absolute atomic E-state index is 0.0512. The first kappa shape index (κ1) is 20.0. The number of urea groups is 1. The SMILES string of the molecule is O=C(N(O)c1ccc2[nH]ncc2c1)N(Cc1ccc(Cl)cc1Cl)C1CCCCC1. The predicted molar refractivity (Wildman–Crippen MR) is 115 cm³/mol. The van der Waals surface area contributed by atoms with Gasteiger partial charge in [0.1, 0.15) is 0 Å². The average Bonchev–Trinajstić information content (AvgIpc) is 3.21. The van der Waals surface area contributed by atoms with Crippen molar-refractivity contribution in [1.29, 1.82) is 0 Å². The fourth-order valence-corrected chi connectivity index (χ4v) is 4.34. The maximum absolute atomic E-state index is 13.3. The number of aromatic amines is 1. The van der Waals surface area contributed by atoms with Gasteiger partial charge in [-0.3, -0.25) is 10.3 Å². The summed E-state index contributed by atoms with van der Waals surface area (Å²) in [6.45, 7) is 0.310. The van der Waals surface area contributed by atoms with E-state index in [2.05, 4.69) is 10.2 Å². The quantitative estimate of drug-likeness (QED) is 0.390. The van der Waals surface area contributed by atoms with E-state index >= 15 is 0 Å². The number of benzene rings is 2. The van der Waals surface area contributed by atoms with Gasteiger partial charge in [-0.15, -0.1) is 0 Å². The van der Waals surface area contributed by atoms with Crippen LogP contribution in [0.1, 0.15) is 37.7 Å². The van der Waals surface area contributed by atoms with Gasteiger partial charge in [0, 0.05) is 28.0 Å². The van der Waals surface area contributed by atoms with Crippen molar-refractivity contribution in [1.82, 2.24) is 15.1 Å². The molecule has 2 N–H and O–H groups in total. The van der Waals surface area contributed by atoms with E-state index in [9.17, 15) is 10.0 Å². The Morgan fingerprint density at radius 3 is 2.69 bits per heavy atom. The lowest BCUT2D eigenvalue weighted by molar-refractivity contribution is 0.130. The number of anilines is 1. The van der Waals surface area contributed by atoms with Gasteiger partial charge in [0.05, 0.1) is 17.4 Å². The highest BCUT2D eigenvalue weighted by atomic mass is 35.5.